The maximum absolute atomic E-state index is 12.0. The van der Waals surface area contributed by atoms with Gasteiger partial charge < -0.3 is 10.1 Å². The third-order valence-electron chi connectivity index (χ3n) is 4.23. The van der Waals surface area contributed by atoms with E-state index in [1.54, 1.807) is 6.92 Å². The lowest BCUT2D eigenvalue weighted by atomic mass is 10.0. The zero-order valence-electron chi connectivity index (χ0n) is 13.4. The first-order valence-corrected chi connectivity index (χ1v) is 8.11. The maximum atomic E-state index is 12.0. The van der Waals surface area contributed by atoms with Crippen LogP contribution < -0.4 is 5.32 Å². The van der Waals surface area contributed by atoms with Crippen LogP contribution in [0.5, 0.6) is 0 Å². The number of esters is 1. The quantitative estimate of drug-likeness (QED) is 0.812. The summed E-state index contributed by atoms with van der Waals surface area (Å²) in [5, 5.41) is 2.76. The summed E-state index contributed by atoms with van der Waals surface area (Å²) in [7, 11) is 0. The topological polar surface area (TPSA) is 55.4 Å². The van der Waals surface area contributed by atoms with Gasteiger partial charge in [0, 0.05) is 12.1 Å². The van der Waals surface area contributed by atoms with E-state index in [2.05, 4.69) is 5.32 Å². The van der Waals surface area contributed by atoms with Gasteiger partial charge in [-0.2, -0.15) is 0 Å². The minimum Gasteiger partial charge on any atom is -0.453 e. The van der Waals surface area contributed by atoms with Crippen molar-refractivity contribution in [1.29, 1.82) is 0 Å². The molecule has 2 rings (SSSR count). The molecule has 0 heterocycles. The van der Waals surface area contributed by atoms with E-state index < -0.39 is 6.10 Å². The van der Waals surface area contributed by atoms with E-state index in [9.17, 15) is 9.59 Å². The highest BCUT2D eigenvalue weighted by molar-refractivity contribution is 5.95. The monoisotopic (exact) mass is 303 g/mol. The lowest BCUT2D eigenvalue weighted by Crippen LogP contribution is -2.30. The number of carbonyl (C=O) groups excluding carboxylic acids is 2. The Hall–Kier alpha value is -1.84. The second-order valence-corrected chi connectivity index (χ2v) is 6.18. The van der Waals surface area contributed by atoms with Gasteiger partial charge in [0.2, 0.25) is 0 Å². The lowest BCUT2D eigenvalue weighted by molar-refractivity contribution is -0.153. The highest BCUT2D eigenvalue weighted by Gasteiger charge is 2.20. The van der Waals surface area contributed by atoms with Crippen molar-refractivity contribution in [3.8, 4) is 0 Å². The first-order chi connectivity index (χ1) is 10.5. The van der Waals surface area contributed by atoms with Crippen LogP contribution in [0.15, 0.2) is 24.3 Å². The van der Waals surface area contributed by atoms with Crippen LogP contribution in [0.2, 0.25) is 0 Å². The Labute approximate surface area is 132 Å². The Balaban J connectivity index is 1.72. The molecular formula is C18H25NO3. The molecular weight excluding hydrogens is 278 g/mol. The normalized spacial score (nSPS) is 16.3. The first-order valence-electron chi connectivity index (χ1n) is 8.11. The molecule has 22 heavy (non-hydrogen) atoms. The van der Waals surface area contributed by atoms with E-state index >= 15 is 0 Å². The number of amides is 1. The largest absolute Gasteiger partial charge is 0.453 e. The molecule has 1 amide bonds. The van der Waals surface area contributed by atoms with Crippen LogP contribution in [0.1, 0.15) is 51.0 Å². The number of hydrogen-bond donors (Lipinski definition) is 1. The average molecular weight is 303 g/mol. The van der Waals surface area contributed by atoms with Gasteiger partial charge in [0.25, 0.3) is 5.91 Å². The predicted octanol–water partition coefficient (Wildman–Crippen LogP) is 3.84. The number of ether oxygens (including phenoxy) is 1. The van der Waals surface area contributed by atoms with Gasteiger partial charge in [0.15, 0.2) is 6.10 Å². The molecule has 120 valence electrons. The second kappa shape index (κ2) is 7.97. The number of rotatable bonds is 6. The van der Waals surface area contributed by atoms with Gasteiger partial charge in [-0.3, -0.25) is 9.59 Å². The van der Waals surface area contributed by atoms with Gasteiger partial charge in [0.1, 0.15) is 0 Å². The van der Waals surface area contributed by atoms with Crippen molar-refractivity contribution in [3.63, 3.8) is 0 Å². The van der Waals surface area contributed by atoms with Crippen LogP contribution in [-0.2, 0) is 14.3 Å². The molecule has 0 radical (unpaired) electrons. The number of hydrogen-bond acceptors (Lipinski definition) is 3. The molecule has 0 aliphatic heterocycles. The van der Waals surface area contributed by atoms with Gasteiger partial charge in [-0.15, -0.1) is 0 Å². The smallest absolute Gasteiger partial charge is 0.306 e. The molecule has 1 fully saturated rings. The third-order valence-corrected chi connectivity index (χ3v) is 4.23. The summed E-state index contributed by atoms with van der Waals surface area (Å²) in [4.78, 5) is 23.8. The molecule has 0 unspecified atom stereocenters. The molecule has 1 aromatic carbocycles. The molecule has 1 aliphatic carbocycles. The van der Waals surface area contributed by atoms with Gasteiger partial charge in [0.05, 0.1) is 0 Å². The molecule has 1 saturated carbocycles. The van der Waals surface area contributed by atoms with Crippen LogP contribution in [0.25, 0.3) is 0 Å². The molecule has 0 saturated heterocycles. The second-order valence-electron chi connectivity index (χ2n) is 6.18. The first kappa shape index (κ1) is 16.5. The van der Waals surface area contributed by atoms with Gasteiger partial charge in [-0.05, 0) is 38.3 Å². The number of nitrogens with one attached hydrogen (secondary N) is 1. The number of aryl methyl sites for hydroxylation is 1. The van der Waals surface area contributed by atoms with Crippen molar-refractivity contribution in [3.05, 3.63) is 29.8 Å². The van der Waals surface area contributed by atoms with E-state index in [0.717, 1.165) is 12.0 Å². The Morgan fingerprint density at radius 2 is 1.86 bits per heavy atom. The SMILES string of the molecule is Cc1ccc(NC(=O)[C@H](C)OC(=O)CCC2CCCC2)cc1. The summed E-state index contributed by atoms with van der Waals surface area (Å²) in [5.74, 6) is 0.0840. The molecule has 4 nitrogen and oxygen atoms in total. The molecule has 1 atom stereocenters. The van der Waals surface area contributed by atoms with Gasteiger partial charge in [-0.25, -0.2) is 0 Å². The van der Waals surface area contributed by atoms with Crippen LogP contribution in [0.3, 0.4) is 0 Å². The number of anilines is 1. The van der Waals surface area contributed by atoms with Gasteiger partial charge in [-0.1, -0.05) is 43.4 Å². The summed E-state index contributed by atoms with van der Waals surface area (Å²) in [6.07, 6.45) is 5.51. The molecule has 0 bridgehead atoms. The minimum absolute atomic E-state index is 0.279. The van der Waals surface area contributed by atoms with Gasteiger partial charge >= 0.3 is 5.97 Å². The lowest BCUT2D eigenvalue weighted by Gasteiger charge is -2.14. The summed E-state index contributed by atoms with van der Waals surface area (Å²) < 4.78 is 5.22. The van der Waals surface area contributed by atoms with E-state index in [1.165, 1.54) is 25.7 Å². The zero-order chi connectivity index (χ0) is 15.9. The molecule has 0 spiro atoms. The molecule has 1 aromatic rings. The highest BCUT2D eigenvalue weighted by Crippen LogP contribution is 2.28. The average Bonchev–Trinajstić information content (AvgIpc) is 3.01. The highest BCUT2D eigenvalue weighted by atomic mass is 16.5. The summed E-state index contributed by atoms with van der Waals surface area (Å²) in [6, 6.07) is 7.52. The van der Waals surface area contributed by atoms with Crippen molar-refractivity contribution in [1.82, 2.24) is 0 Å². The van der Waals surface area contributed by atoms with Crippen molar-refractivity contribution >= 4 is 17.6 Å². The fourth-order valence-electron chi connectivity index (χ4n) is 2.81. The van der Waals surface area contributed by atoms with Crippen molar-refractivity contribution in [2.24, 2.45) is 5.92 Å². The minimum atomic E-state index is -0.766. The van der Waals surface area contributed by atoms with Crippen LogP contribution in [0.4, 0.5) is 5.69 Å². The summed E-state index contributed by atoms with van der Waals surface area (Å²) >= 11 is 0. The van der Waals surface area contributed by atoms with Crippen molar-refractivity contribution in [2.75, 3.05) is 5.32 Å². The van der Waals surface area contributed by atoms with E-state index in [4.69, 9.17) is 4.74 Å². The van der Waals surface area contributed by atoms with E-state index in [0.29, 0.717) is 18.0 Å². The van der Waals surface area contributed by atoms with E-state index in [1.807, 2.05) is 31.2 Å². The summed E-state index contributed by atoms with van der Waals surface area (Å²) in [5.41, 5.74) is 1.84. The van der Waals surface area contributed by atoms with Crippen molar-refractivity contribution in [2.45, 2.75) is 58.5 Å². The van der Waals surface area contributed by atoms with Crippen LogP contribution in [0, 0.1) is 12.8 Å². The molecule has 0 aromatic heterocycles. The standard InChI is InChI=1S/C18H25NO3/c1-13-7-10-16(11-8-13)19-18(21)14(2)22-17(20)12-9-15-5-3-4-6-15/h7-8,10-11,14-15H,3-6,9,12H2,1-2H3,(H,19,21)/t14-/m0/s1. The number of carbonyl (C=O) groups is 2. The fraction of sp³-hybridized carbons (Fsp3) is 0.556. The fourth-order valence-corrected chi connectivity index (χ4v) is 2.81. The maximum Gasteiger partial charge on any atom is 0.306 e. The number of benzene rings is 1. The Morgan fingerprint density at radius 3 is 2.50 bits per heavy atom. The summed E-state index contributed by atoms with van der Waals surface area (Å²) in [6.45, 7) is 3.59. The molecule has 4 heteroatoms. The third kappa shape index (κ3) is 5.17. The van der Waals surface area contributed by atoms with E-state index in [-0.39, 0.29) is 11.9 Å². The Bertz CT molecular complexity index is 504. The zero-order valence-corrected chi connectivity index (χ0v) is 13.4. The molecule has 1 N–H and O–H groups in total. The van der Waals surface area contributed by atoms with Crippen molar-refractivity contribution < 1.29 is 14.3 Å². The Morgan fingerprint density at radius 1 is 1.23 bits per heavy atom. The van der Waals surface area contributed by atoms with Crippen LogP contribution in [-0.4, -0.2) is 18.0 Å². The predicted molar refractivity (Wildman–Crippen MR) is 86.6 cm³/mol. The Kier molecular flexibility index (Phi) is 5.99. The van der Waals surface area contributed by atoms with Crippen LogP contribution >= 0.6 is 0 Å². The molecule has 1 aliphatic rings.